The highest BCUT2D eigenvalue weighted by Gasteiger charge is 2.14. The van der Waals surface area contributed by atoms with Crippen LogP contribution < -0.4 is 10.5 Å². The molecule has 0 aliphatic heterocycles. The largest absolute Gasteiger partial charge is 0.369 e. The molecule has 0 aliphatic carbocycles. The summed E-state index contributed by atoms with van der Waals surface area (Å²) in [6.07, 6.45) is 1.84. The molecule has 3 N–H and O–H groups in total. The molecule has 7 heteroatoms. The molecule has 4 aromatic rings. The molecule has 0 radical (unpaired) electrons. The molecule has 1 aromatic heterocycles. The first-order chi connectivity index (χ1) is 16.0. The number of aliphatic imine (C=N–C) groups is 1. The fraction of sp³-hybridized carbons (Fsp3) is 0.0769. The Labute approximate surface area is 208 Å². The van der Waals surface area contributed by atoms with Gasteiger partial charge in [0.2, 0.25) is 0 Å². The Morgan fingerprint density at radius 2 is 1.52 bits per heavy atom. The van der Waals surface area contributed by atoms with Crippen molar-refractivity contribution in [1.29, 1.82) is 0 Å². The molecule has 0 spiro atoms. The van der Waals surface area contributed by atoms with E-state index in [0.717, 1.165) is 32.8 Å². The van der Waals surface area contributed by atoms with Crippen molar-refractivity contribution in [3.63, 3.8) is 0 Å². The van der Waals surface area contributed by atoms with E-state index in [1.54, 1.807) is 0 Å². The number of nitrogens with one attached hydrogen (secondary N) is 1. The minimum atomic E-state index is -0.188. The number of hydrogen-bond donors (Lipinski definition) is 2. The SMILES string of the molecule is CC(N=C(N)NSc1ccccc1)c1cnc(-c2ccc(Cl)cc2)c(-c2ccc(Cl)cc2)c1. The van der Waals surface area contributed by atoms with E-state index in [1.807, 2.05) is 92.0 Å². The van der Waals surface area contributed by atoms with Crippen molar-refractivity contribution in [3.05, 3.63) is 107 Å². The molecule has 0 bridgehead atoms. The highest BCUT2D eigenvalue weighted by atomic mass is 35.5. The van der Waals surface area contributed by atoms with E-state index < -0.39 is 0 Å². The lowest BCUT2D eigenvalue weighted by Crippen LogP contribution is -2.26. The Balaban J connectivity index is 1.63. The number of nitrogens with two attached hydrogens (primary N) is 1. The molecule has 1 atom stereocenters. The summed E-state index contributed by atoms with van der Waals surface area (Å²) in [6.45, 7) is 1.99. The van der Waals surface area contributed by atoms with Crippen LogP contribution in [0.2, 0.25) is 10.0 Å². The maximum absolute atomic E-state index is 6.13. The monoisotopic (exact) mass is 492 g/mol. The maximum Gasteiger partial charge on any atom is 0.199 e. The predicted octanol–water partition coefficient (Wildman–Crippen LogP) is 7.40. The Morgan fingerprint density at radius 3 is 2.15 bits per heavy atom. The molecule has 33 heavy (non-hydrogen) atoms. The highest BCUT2D eigenvalue weighted by molar-refractivity contribution is 7.98. The second kappa shape index (κ2) is 10.8. The number of benzene rings is 3. The summed E-state index contributed by atoms with van der Waals surface area (Å²) in [6, 6.07) is 27.2. The van der Waals surface area contributed by atoms with Crippen LogP contribution in [0.15, 0.2) is 101 Å². The summed E-state index contributed by atoms with van der Waals surface area (Å²) in [5, 5.41) is 1.37. The van der Waals surface area contributed by atoms with Crippen LogP contribution in [0.1, 0.15) is 18.5 Å². The lowest BCUT2D eigenvalue weighted by Gasteiger charge is -2.15. The van der Waals surface area contributed by atoms with Gasteiger partial charge < -0.3 is 5.73 Å². The fourth-order valence-corrected chi connectivity index (χ4v) is 4.13. The summed E-state index contributed by atoms with van der Waals surface area (Å²) < 4.78 is 3.09. The van der Waals surface area contributed by atoms with Crippen molar-refractivity contribution in [1.82, 2.24) is 9.71 Å². The molecule has 0 fully saturated rings. The van der Waals surface area contributed by atoms with Crippen LogP contribution in [0.3, 0.4) is 0 Å². The van der Waals surface area contributed by atoms with Crippen LogP contribution in [-0.2, 0) is 0 Å². The van der Waals surface area contributed by atoms with E-state index in [4.69, 9.17) is 33.9 Å². The van der Waals surface area contributed by atoms with Gasteiger partial charge in [-0.3, -0.25) is 9.71 Å². The van der Waals surface area contributed by atoms with Gasteiger partial charge in [-0.1, -0.05) is 65.7 Å². The smallest absolute Gasteiger partial charge is 0.199 e. The molecule has 4 nitrogen and oxygen atoms in total. The standard InChI is InChI=1S/C26H22Cl2N4S/c1-17(31-26(29)32-33-23-5-3-2-4-6-23)20-15-24(18-7-11-21(27)12-8-18)25(30-16-20)19-9-13-22(28)14-10-19/h2-17H,1H3,(H3,29,31,32). The molecule has 0 saturated heterocycles. The van der Waals surface area contributed by atoms with E-state index in [-0.39, 0.29) is 6.04 Å². The number of rotatable bonds is 6. The Hall–Kier alpha value is -2.99. The molecule has 3 aromatic carbocycles. The van der Waals surface area contributed by atoms with Gasteiger partial charge in [0, 0.05) is 32.3 Å². The van der Waals surface area contributed by atoms with Crippen LogP contribution in [0.25, 0.3) is 22.4 Å². The minimum Gasteiger partial charge on any atom is -0.369 e. The lowest BCUT2D eigenvalue weighted by molar-refractivity contribution is 0.808. The summed E-state index contributed by atoms with van der Waals surface area (Å²) >= 11 is 13.6. The van der Waals surface area contributed by atoms with E-state index in [0.29, 0.717) is 16.0 Å². The topological polar surface area (TPSA) is 63.3 Å². The fourth-order valence-electron chi connectivity index (χ4n) is 3.31. The average molecular weight is 493 g/mol. The first-order valence-electron chi connectivity index (χ1n) is 10.3. The van der Waals surface area contributed by atoms with Crippen LogP contribution in [0.4, 0.5) is 0 Å². The van der Waals surface area contributed by atoms with Gasteiger partial charge in [0.15, 0.2) is 5.96 Å². The van der Waals surface area contributed by atoms with Crippen LogP contribution in [0, 0.1) is 0 Å². The molecule has 0 amide bonds. The Morgan fingerprint density at radius 1 is 0.909 bits per heavy atom. The summed E-state index contributed by atoms with van der Waals surface area (Å²) in [7, 11) is 0. The number of halogens is 2. The third kappa shape index (κ3) is 6.08. The Kier molecular flexibility index (Phi) is 7.55. The van der Waals surface area contributed by atoms with Gasteiger partial charge in [-0.05, 0) is 72.5 Å². The van der Waals surface area contributed by atoms with Gasteiger partial charge in [0.05, 0.1) is 11.7 Å². The van der Waals surface area contributed by atoms with Crippen LogP contribution in [-0.4, -0.2) is 10.9 Å². The van der Waals surface area contributed by atoms with Crippen LogP contribution >= 0.6 is 35.1 Å². The minimum absolute atomic E-state index is 0.188. The zero-order valence-electron chi connectivity index (χ0n) is 17.9. The molecule has 4 rings (SSSR count). The van der Waals surface area contributed by atoms with Crippen molar-refractivity contribution >= 4 is 41.1 Å². The summed E-state index contributed by atoms with van der Waals surface area (Å²) in [4.78, 5) is 10.5. The van der Waals surface area contributed by atoms with Crippen molar-refractivity contribution in [2.24, 2.45) is 10.7 Å². The van der Waals surface area contributed by atoms with Crippen molar-refractivity contribution in [2.75, 3.05) is 0 Å². The van der Waals surface area contributed by atoms with Crippen molar-refractivity contribution < 1.29 is 0 Å². The molecular weight excluding hydrogens is 471 g/mol. The maximum atomic E-state index is 6.13. The number of aromatic nitrogens is 1. The Bertz CT molecular complexity index is 1240. The molecule has 166 valence electrons. The van der Waals surface area contributed by atoms with Gasteiger partial charge in [-0.2, -0.15) is 0 Å². The van der Waals surface area contributed by atoms with Crippen molar-refractivity contribution in [3.8, 4) is 22.4 Å². The quantitative estimate of drug-likeness (QED) is 0.167. The van der Waals surface area contributed by atoms with E-state index in [9.17, 15) is 0 Å². The second-order valence-corrected chi connectivity index (χ2v) is 9.14. The molecule has 0 aliphatic rings. The molecule has 1 heterocycles. The van der Waals surface area contributed by atoms with Gasteiger partial charge in [0.1, 0.15) is 0 Å². The third-order valence-corrected chi connectivity index (χ3v) is 6.34. The van der Waals surface area contributed by atoms with E-state index >= 15 is 0 Å². The van der Waals surface area contributed by atoms with E-state index in [2.05, 4.69) is 15.8 Å². The first kappa shape index (κ1) is 23.2. The third-order valence-electron chi connectivity index (χ3n) is 5.01. The highest BCUT2D eigenvalue weighted by Crippen LogP contribution is 2.34. The van der Waals surface area contributed by atoms with Gasteiger partial charge in [-0.25, -0.2) is 4.99 Å². The van der Waals surface area contributed by atoms with Crippen LogP contribution in [0.5, 0.6) is 0 Å². The average Bonchev–Trinajstić information content (AvgIpc) is 2.84. The number of hydrogen-bond acceptors (Lipinski definition) is 3. The van der Waals surface area contributed by atoms with Gasteiger partial charge in [0.25, 0.3) is 0 Å². The van der Waals surface area contributed by atoms with Gasteiger partial charge in [-0.15, -0.1) is 0 Å². The normalized spacial score (nSPS) is 12.4. The number of pyridine rings is 1. The number of nitrogens with zero attached hydrogens (tertiary/aromatic N) is 2. The second-order valence-electron chi connectivity index (χ2n) is 7.39. The molecule has 1 unspecified atom stereocenters. The molecular formula is C26H22Cl2N4S. The lowest BCUT2D eigenvalue weighted by atomic mass is 9.96. The summed E-state index contributed by atoms with van der Waals surface area (Å²) in [5.74, 6) is 0.353. The van der Waals surface area contributed by atoms with Crippen molar-refractivity contribution in [2.45, 2.75) is 17.9 Å². The zero-order chi connectivity index (χ0) is 23.2. The number of guanidine groups is 1. The van der Waals surface area contributed by atoms with E-state index in [1.165, 1.54) is 11.9 Å². The molecule has 0 saturated carbocycles. The van der Waals surface area contributed by atoms with Gasteiger partial charge >= 0.3 is 0 Å². The predicted molar refractivity (Wildman–Crippen MR) is 141 cm³/mol. The summed E-state index contributed by atoms with van der Waals surface area (Å²) in [5.41, 5.74) is 10.9. The zero-order valence-corrected chi connectivity index (χ0v) is 20.2. The first-order valence-corrected chi connectivity index (χ1v) is 11.9.